The van der Waals surface area contributed by atoms with E-state index in [2.05, 4.69) is 5.32 Å². The number of halogens is 2. The van der Waals surface area contributed by atoms with Crippen LogP contribution in [0.3, 0.4) is 0 Å². The molecule has 0 aromatic heterocycles. The summed E-state index contributed by atoms with van der Waals surface area (Å²) in [5.74, 6) is 0.557. The summed E-state index contributed by atoms with van der Waals surface area (Å²) in [5, 5.41) is 13.4. The molecule has 0 fully saturated rings. The third-order valence-corrected chi connectivity index (χ3v) is 3.12. The maximum atomic E-state index is 9.14. The molecule has 0 heterocycles. The summed E-state index contributed by atoms with van der Waals surface area (Å²) in [6.45, 7) is 4.41. The molecule has 0 saturated heterocycles. The average Bonchev–Trinajstić information content (AvgIpc) is 2.29. The molecule has 2 N–H and O–H groups in total. The molecule has 0 radical (unpaired) electrons. The second kappa shape index (κ2) is 5.91. The number of benzene rings is 1. The van der Waals surface area contributed by atoms with Gasteiger partial charge in [-0.1, -0.05) is 23.2 Å². The van der Waals surface area contributed by atoms with Crippen LogP contribution in [0.5, 0.6) is 5.75 Å². The summed E-state index contributed by atoms with van der Waals surface area (Å²) in [4.78, 5) is 0. The van der Waals surface area contributed by atoms with E-state index in [1.54, 1.807) is 19.2 Å². The zero-order valence-corrected chi connectivity index (χ0v) is 11.7. The quantitative estimate of drug-likeness (QED) is 0.870. The van der Waals surface area contributed by atoms with Crippen molar-refractivity contribution < 1.29 is 9.84 Å². The van der Waals surface area contributed by atoms with Crippen molar-refractivity contribution in [2.45, 2.75) is 25.9 Å². The Morgan fingerprint density at radius 2 is 1.94 bits per heavy atom. The van der Waals surface area contributed by atoms with Gasteiger partial charge in [-0.05, 0) is 25.5 Å². The number of aliphatic hydroxyl groups is 1. The monoisotopic (exact) mass is 277 g/mol. The van der Waals surface area contributed by atoms with E-state index >= 15 is 0 Å². The predicted molar refractivity (Wildman–Crippen MR) is 71.0 cm³/mol. The lowest BCUT2D eigenvalue weighted by Crippen LogP contribution is -2.42. The Hall–Kier alpha value is -0.480. The molecule has 96 valence electrons. The van der Waals surface area contributed by atoms with E-state index in [0.29, 0.717) is 22.3 Å². The maximum absolute atomic E-state index is 9.14. The molecular formula is C12H17Cl2NO2. The fraction of sp³-hybridized carbons (Fsp3) is 0.500. The van der Waals surface area contributed by atoms with Gasteiger partial charge in [0.15, 0.2) is 0 Å². The number of nitrogens with one attached hydrogen (secondary N) is 1. The molecule has 5 heteroatoms. The van der Waals surface area contributed by atoms with Crippen LogP contribution in [0.4, 0.5) is 0 Å². The molecule has 0 bridgehead atoms. The van der Waals surface area contributed by atoms with Crippen molar-refractivity contribution in [3.63, 3.8) is 0 Å². The Balaban J connectivity index is 2.82. The van der Waals surface area contributed by atoms with Crippen molar-refractivity contribution in [1.29, 1.82) is 0 Å². The normalized spacial score (nSPS) is 11.6. The van der Waals surface area contributed by atoms with Gasteiger partial charge in [0.2, 0.25) is 0 Å². The van der Waals surface area contributed by atoms with Gasteiger partial charge in [-0.3, -0.25) is 0 Å². The van der Waals surface area contributed by atoms with Crippen LogP contribution in [-0.4, -0.2) is 24.4 Å². The van der Waals surface area contributed by atoms with E-state index in [1.165, 1.54) is 0 Å². The van der Waals surface area contributed by atoms with Gasteiger partial charge in [0.25, 0.3) is 0 Å². The van der Waals surface area contributed by atoms with Crippen LogP contribution in [0.1, 0.15) is 19.4 Å². The number of methoxy groups -OCH3 is 1. The van der Waals surface area contributed by atoms with Crippen molar-refractivity contribution in [3.05, 3.63) is 27.7 Å². The summed E-state index contributed by atoms with van der Waals surface area (Å²) in [6, 6.07) is 3.45. The molecule has 0 aliphatic heterocycles. The Morgan fingerprint density at radius 3 is 2.47 bits per heavy atom. The lowest BCUT2D eigenvalue weighted by molar-refractivity contribution is 0.187. The minimum atomic E-state index is -0.351. The summed E-state index contributed by atoms with van der Waals surface area (Å²) in [5.41, 5.74) is 0.523. The van der Waals surface area contributed by atoms with E-state index in [-0.39, 0.29) is 12.1 Å². The average molecular weight is 278 g/mol. The molecule has 0 unspecified atom stereocenters. The lowest BCUT2D eigenvalue weighted by Gasteiger charge is -2.24. The Labute approximate surface area is 112 Å². The highest BCUT2D eigenvalue weighted by Crippen LogP contribution is 2.31. The minimum absolute atomic E-state index is 0.0501. The highest BCUT2D eigenvalue weighted by atomic mass is 35.5. The van der Waals surface area contributed by atoms with Crippen LogP contribution in [0, 0.1) is 0 Å². The Bertz CT molecular complexity index is 394. The zero-order valence-electron chi connectivity index (χ0n) is 10.2. The zero-order chi connectivity index (χ0) is 13.1. The molecule has 1 aromatic rings. The van der Waals surface area contributed by atoms with Crippen LogP contribution in [-0.2, 0) is 6.54 Å². The van der Waals surface area contributed by atoms with Gasteiger partial charge in [-0.25, -0.2) is 0 Å². The van der Waals surface area contributed by atoms with Crippen LogP contribution in [0.15, 0.2) is 12.1 Å². The third kappa shape index (κ3) is 4.03. The van der Waals surface area contributed by atoms with Crippen molar-refractivity contribution >= 4 is 23.2 Å². The molecule has 0 spiro atoms. The first-order chi connectivity index (χ1) is 7.89. The summed E-state index contributed by atoms with van der Waals surface area (Å²) >= 11 is 12.1. The van der Waals surface area contributed by atoms with Gasteiger partial charge in [-0.15, -0.1) is 0 Å². The fourth-order valence-corrected chi connectivity index (χ4v) is 1.74. The fourth-order valence-electron chi connectivity index (χ4n) is 1.25. The summed E-state index contributed by atoms with van der Waals surface area (Å²) in [7, 11) is 1.55. The molecule has 0 aliphatic carbocycles. The van der Waals surface area contributed by atoms with E-state index in [9.17, 15) is 0 Å². The molecular weight excluding hydrogens is 261 g/mol. The van der Waals surface area contributed by atoms with Crippen molar-refractivity contribution in [2.75, 3.05) is 13.7 Å². The van der Waals surface area contributed by atoms with Gasteiger partial charge in [0, 0.05) is 23.2 Å². The number of hydrogen-bond donors (Lipinski definition) is 2. The minimum Gasteiger partial charge on any atom is -0.495 e. The SMILES string of the molecule is COc1cc(Cl)c(CNC(C)(C)CO)cc1Cl. The molecule has 0 aliphatic rings. The van der Waals surface area contributed by atoms with E-state index < -0.39 is 0 Å². The third-order valence-electron chi connectivity index (χ3n) is 2.47. The highest BCUT2D eigenvalue weighted by Gasteiger charge is 2.16. The van der Waals surface area contributed by atoms with Crippen molar-refractivity contribution in [2.24, 2.45) is 0 Å². The first-order valence-corrected chi connectivity index (χ1v) is 6.03. The number of rotatable bonds is 5. The molecule has 0 saturated carbocycles. The summed E-state index contributed by atoms with van der Waals surface area (Å²) < 4.78 is 5.07. The van der Waals surface area contributed by atoms with Gasteiger partial charge in [0.1, 0.15) is 5.75 Å². The molecule has 1 aromatic carbocycles. The molecule has 0 amide bonds. The number of aliphatic hydroxyl groups excluding tert-OH is 1. The Kier molecular flexibility index (Phi) is 5.07. The van der Waals surface area contributed by atoms with Gasteiger partial charge in [-0.2, -0.15) is 0 Å². The topological polar surface area (TPSA) is 41.5 Å². The first kappa shape index (κ1) is 14.6. The van der Waals surface area contributed by atoms with Gasteiger partial charge >= 0.3 is 0 Å². The van der Waals surface area contributed by atoms with Crippen molar-refractivity contribution in [1.82, 2.24) is 5.32 Å². The number of ether oxygens (including phenoxy) is 1. The van der Waals surface area contributed by atoms with Crippen LogP contribution in [0.25, 0.3) is 0 Å². The van der Waals surface area contributed by atoms with E-state index in [1.807, 2.05) is 13.8 Å². The standard InChI is InChI=1S/C12H17Cl2NO2/c1-12(2,7-16)15-6-8-4-10(14)11(17-3)5-9(8)13/h4-5,15-16H,6-7H2,1-3H3. The molecule has 0 atom stereocenters. The molecule has 1 rings (SSSR count). The lowest BCUT2D eigenvalue weighted by atomic mass is 10.1. The maximum Gasteiger partial charge on any atom is 0.138 e. The number of hydrogen-bond acceptors (Lipinski definition) is 3. The van der Waals surface area contributed by atoms with Crippen LogP contribution in [0.2, 0.25) is 10.0 Å². The van der Waals surface area contributed by atoms with E-state index in [4.69, 9.17) is 33.0 Å². The first-order valence-electron chi connectivity index (χ1n) is 5.27. The summed E-state index contributed by atoms with van der Waals surface area (Å²) in [6.07, 6.45) is 0. The molecule has 3 nitrogen and oxygen atoms in total. The Morgan fingerprint density at radius 1 is 1.29 bits per heavy atom. The smallest absolute Gasteiger partial charge is 0.138 e. The highest BCUT2D eigenvalue weighted by molar-refractivity contribution is 6.34. The molecule has 17 heavy (non-hydrogen) atoms. The van der Waals surface area contributed by atoms with E-state index in [0.717, 1.165) is 5.56 Å². The predicted octanol–water partition coefficient (Wildman–Crippen LogP) is 2.86. The second-order valence-corrected chi connectivity index (χ2v) is 5.29. The second-order valence-electron chi connectivity index (χ2n) is 4.47. The largest absolute Gasteiger partial charge is 0.495 e. The van der Waals surface area contributed by atoms with Crippen molar-refractivity contribution in [3.8, 4) is 5.75 Å². The van der Waals surface area contributed by atoms with Gasteiger partial charge in [0.05, 0.1) is 18.7 Å². The van der Waals surface area contributed by atoms with Crippen LogP contribution >= 0.6 is 23.2 Å². The van der Waals surface area contributed by atoms with Gasteiger partial charge < -0.3 is 15.2 Å². The van der Waals surface area contributed by atoms with Crippen LogP contribution < -0.4 is 10.1 Å².